The Morgan fingerprint density at radius 3 is 2.56 bits per heavy atom. The van der Waals surface area contributed by atoms with E-state index in [1.807, 2.05) is 6.92 Å². The number of aryl methyl sites for hydroxylation is 1. The molecule has 2 N–H and O–H groups in total. The van der Waals surface area contributed by atoms with E-state index in [2.05, 4.69) is 4.98 Å². The highest BCUT2D eigenvalue weighted by Gasteiger charge is 2.41. The molecule has 1 unspecified atom stereocenters. The second-order valence-corrected chi connectivity index (χ2v) is 4.63. The summed E-state index contributed by atoms with van der Waals surface area (Å²) in [4.78, 5) is 5.29. The van der Waals surface area contributed by atoms with Gasteiger partial charge >= 0.3 is 6.18 Å². The third-order valence-corrected chi connectivity index (χ3v) is 3.03. The van der Waals surface area contributed by atoms with E-state index in [0.717, 1.165) is 5.01 Å². The molecule has 0 amide bonds. The smallest absolute Gasteiger partial charge is 0.329 e. The monoisotopic (exact) mass is 253 g/mol. The van der Waals surface area contributed by atoms with E-state index >= 15 is 0 Å². The molecule has 1 heterocycles. The Kier molecular flexibility index (Phi) is 4.28. The molecule has 0 aromatic carbocycles. The standard InChI is InChI=1S/C9H14F3N3S/c1-6-14-7(5-16-6)4-15(2)8(3-13)9(10,11)12/h5,8H,3-4,13H2,1-2H3. The Morgan fingerprint density at radius 1 is 1.56 bits per heavy atom. The zero-order chi connectivity index (χ0) is 12.3. The summed E-state index contributed by atoms with van der Waals surface area (Å²) >= 11 is 1.42. The Labute approximate surface area is 96.1 Å². The minimum absolute atomic E-state index is 0.158. The predicted octanol–water partition coefficient (Wildman–Crippen LogP) is 1.77. The van der Waals surface area contributed by atoms with Gasteiger partial charge in [-0.3, -0.25) is 4.90 Å². The fourth-order valence-electron chi connectivity index (χ4n) is 1.41. The third-order valence-electron chi connectivity index (χ3n) is 2.21. The van der Waals surface area contributed by atoms with Crippen molar-refractivity contribution in [2.75, 3.05) is 13.6 Å². The van der Waals surface area contributed by atoms with Crippen LogP contribution in [0.3, 0.4) is 0 Å². The zero-order valence-electron chi connectivity index (χ0n) is 9.08. The fraction of sp³-hybridized carbons (Fsp3) is 0.667. The molecule has 0 radical (unpaired) electrons. The zero-order valence-corrected chi connectivity index (χ0v) is 9.90. The number of nitrogens with zero attached hydrogens (tertiary/aromatic N) is 2. The first kappa shape index (κ1) is 13.4. The molecule has 0 aliphatic carbocycles. The first-order valence-corrected chi connectivity index (χ1v) is 5.60. The van der Waals surface area contributed by atoms with Crippen LogP contribution in [0.1, 0.15) is 10.7 Å². The van der Waals surface area contributed by atoms with E-state index in [1.54, 1.807) is 5.38 Å². The maximum absolute atomic E-state index is 12.5. The van der Waals surface area contributed by atoms with Crippen LogP contribution in [0.4, 0.5) is 13.2 Å². The maximum atomic E-state index is 12.5. The van der Waals surface area contributed by atoms with E-state index < -0.39 is 18.8 Å². The number of likely N-dealkylation sites (N-methyl/N-ethyl adjacent to an activating group) is 1. The van der Waals surface area contributed by atoms with Crippen LogP contribution in [-0.2, 0) is 6.54 Å². The number of nitrogens with two attached hydrogens (primary N) is 1. The number of thiazole rings is 1. The van der Waals surface area contributed by atoms with E-state index in [0.29, 0.717) is 5.69 Å². The normalized spacial score (nSPS) is 14.4. The quantitative estimate of drug-likeness (QED) is 0.889. The lowest BCUT2D eigenvalue weighted by molar-refractivity contribution is -0.178. The van der Waals surface area contributed by atoms with Crippen molar-refractivity contribution in [3.8, 4) is 0 Å². The van der Waals surface area contributed by atoms with Gasteiger partial charge in [-0.05, 0) is 14.0 Å². The van der Waals surface area contributed by atoms with Gasteiger partial charge in [0.15, 0.2) is 0 Å². The van der Waals surface area contributed by atoms with Crippen molar-refractivity contribution in [2.24, 2.45) is 5.73 Å². The number of hydrogen-bond donors (Lipinski definition) is 1. The first-order valence-electron chi connectivity index (χ1n) is 4.72. The van der Waals surface area contributed by atoms with Crippen molar-refractivity contribution >= 4 is 11.3 Å². The van der Waals surface area contributed by atoms with E-state index in [-0.39, 0.29) is 6.54 Å². The van der Waals surface area contributed by atoms with Crippen LogP contribution < -0.4 is 5.73 Å². The Morgan fingerprint density at radius 2 is 2.19 bits per heavy atom. The van der Waals surface area contributed by atoms with E-state index in [1.165, 1.54) is 23.3 Å². The minimum Gasteiger partial charge on any atom is -0.329 e. The summed E-state index contributed by atoms with van der Waals surface area (Å²) in [5.74, 6) is 0. The molecule has 0 spiro atoms. The Balaban J connectivity index is 2.66. The molecule has 0 saturated carbocycles. The number of alkyl halides is 3. The molecule has 1 rings (SSSR count). The molecule has 1 atom stereocenters. The lowest BCUT2D eigenvalue weighted by Gasteiger charge is -2.28. The van der Waals surface area contributed by atoms with Gasteiger partial charge in [0, 0.05) is 18.5 Å². The second-order valence-electron chi connectivity index (χ2n) is 3.57. The molecule has 1 aromatic rings. The SMILES string of the molecule is Cc1nc(CN(C)C(CN)C(F)(F)F)cs1. The maximum Gasteiger partial charge on any atom is 0.405 e. The molecule has 7 heteroatoms. The number of halogens is 3. The van der Waals surface area contributed by atoms with Crippen molar-refractivity contribution in [1.29, 1.82) is 0 Å². The second kappa shape index (κ2) is 5.11. The molecule has 0 aliphatic heterocycles. The molecule has 16 heavy (non-hydrogen) atoms. The summed E-state index contributed by atoms with van der Waals surface area (Å²) in [6, 6.07) is -1.62. The van der Waals surface area contributed by atoms with Gasteiger partial charge in [-0.25, -0.2) is 4.98 Å². The van der Waals surface area contributed by atoms with E-state index in [9.17, 15) is 13.2 Å². The van der Waals surface area contributed by atoms with Crippen LogP contribution in [0, 0.1) is 6.92 Å². The van der Waals surface area contributed by atoms with Gasteiger partial charge in [0.25, 0.3) is 0 Å². The lowest BCUT2D eigenvalue weighted by atomic mass is 10.2. The molecule has 0 saturated heterocycles. The fourth-order valence-corrected chi connectivity index (χ4v) is 2.01. The highest BCUT2D eigenvalue weighted by molar-refractivity contribution is 7.09. The first-order chi connectivity index (χ1) is 7.34. The average Bonchev–Trinajstić information content (AvgIpc) is 2.49. The summed E-state index contributed by atoms with van der Waals surface area (Å²) in [5, 5.41) is 2.61. The third kappa shape index (κ3) is 3.43. The van der Waals surface area contributed by atoms with Crippen LogP contribution in [0.15, 0.2) is 5.38 Å². The largest absolute Gasteiger partial charge is 0.405 e. The topological polar surface area (TPSA) is 42.2 Å². The summed E-state index contributed by atoms with van der Waals surface area (Å²) < 4.78 is 37.6. The summed E-state index contributed by atoms with van der Waals surface area (Å²) in [6.07, 6.45) is -4.30. The van der Waals surface area contributed by atoms with Gasteiger partial charge in [-0.2, -0.15) is 13.2 Å². The number of aromatic nitrogens is 1. The van der Waals surface area contributed by atoms with Gasteiger partial charge in [0.1, 0.15) is 6.04 Å². The van der Waals surface area contributed by atoms with Gasteiger partial charge in [0.05, 0.1) is 10.7 Å². The van der Waals surface area contributed by atoms with Gasteiger partial charge in [-0.1, -0.05) is 0 Å². The summed E-state index contributed by atoms with van der Waals surface area (Å²) in [6.45, 7) is 1.53. The highest BCUT2D eigenvalue weighted by Crippen LogP contribution is 2.24. The van der Waals surface area contributed by atoms with Crippen molar-refractivity contribution in [3.05, 3.63) is 16.1 Å². The summed E-state index contributed by atoms with van der Waals surface area (Å²) in [7, 11) is 1.40. The van der Waals surface area contributed by atoms with Crippen molar-refractivity contribution < 1.29 is 13.2 Å². The molecular formula is C9H14F3N3S. The van der Waals surface area contributed by atoms with Crippen LogP contribution >= 0.6 is 11.3 Å². The predicted molar refractivity (Wildman–Crippen MR) is 57.2 cm³/mol. The highest BCUT2D eigenvalue weighted by atomic mass is 32.1. The molecular weight excluding hydrogens is 239 g/mol. The van der Waals surface area contributed by atoms with Gasteiger partial charge < -0.3 is 5.73 Å². The molecule has 0 aliphatic rings. The summed E-state index contributed by atoms with van der Waals surface area (Å²) in [5.41, 5.74) is 5.79. The van der Waals surface area contributed by atoms with Crippen molar-refractivity contribution in [3.63, 3.8) is 0 Å². The van der Waals surface area contributed by atoms with Gasteiger partial charge in [-0.15, -0.1) is 11.3 Å². The van der Waals surface area contributed by atoms with Crippen LogP contribution in [0.5, 0.6) is 0 Å². The van der Waals surface area contributed by atoms with Crippen molar-refractivity contribution in [2.45, 2.75) is 25.7 Å². The molecule has 92 valence electrons. The molecule has 1 aromatic heterocycles. The van der Waals surface area contributed by atoms with Gasteiger partial charge in [0.2, 0.25) is 0 Å². The number of hydrogen-bond acceptors (Lipinski definition) is 4. The Bertz CT molecular complexity index is 337. The Hall–Kier alpha value is -0.660. The molecule has 0 fully saturated rings. The van der Waals surface area contributed by atoms with Crippen molar-refractivity contribution in [1.82, 2.24) is 9.88 Å². The molecule has 0 bridgehead atoms. The number of rotatable bonds is 4. The van der Waals surface area contributed by atoms with Crippen LogP contribution in [0.25, 0.3) is 0 Å². The molecule has 3 nitrogen and oxygen atoms in total. The van der Waals surface area contributed by atoms with E-state index in [4.69, 9.17) is 5.73 Å². The van der Waals surface area contributed by atoms with Crippen LogP contribution in [-0.4, -0.2) is 35.7 Å². The van der Waals surface area contributed by atoms with Crippen LogP contribution in [0.2, 0.25) is 0 Å². The minimum atomic E-state index is -4.30. The lowest BCUT2D eigenvalue weighted by Crippen LogP contribution is -2.48. The average molecular weight is 253 g/mol.